The quantitative estimate of drug-likeness (QED) is 0.343. The van der Waals surface area contributed by atoms with Gasteiger partial charge in [0.25, 0.3) is 0 Å². The predicted molar refractivity (Wildman–Crippen MR) is 34.0 cm³/mol. The van der Waals surface area contributed by atoms with E-state index in [1.54, 1.807) is 0 Å². The van der Waals surface area contributed by atoms with E-state index in [-0.39, 0.29) is 12.3 Å². The van der Waals surface area contributed by atoms with E-state index >= 15 is 0 Å². The SMILES string of the molecule is N.N.O=P(O)(O)CCO. The molecular formula is C2H13N2O4P. The summed E-state index contributed by atoms with van der Waals surface area (Å²) in [7, 11) is -3.92. The van der Waals surface area contributed by atoms with Gasteiger partial charge in [0.05, 0.1) is 12.8 Å². The highest BCUT2D eigenvalue weighted by Crippen LogP contribution is 2.32. The van der Waals surface area contributed by atoms with E-state index in [0.29, 0.717) is 0 Å². The van der Waals surface area contributed by atoms with Gasteiger partial charge in [0.15, 0.2) is 0 Å². The Balaban J connectivity index is -0.000000180. The molecule has 0 fully saturated rings. The second-order valence-electron chi connectivity index (χ2n) is 1.11. The summed E-state index contributed by atoms with van der Waals surface area (Å²) >= 11 is 0. The van der Waals surface area contributed by atoms with Crippen molar-refractivity contribution in [3.8, 4) is 0 Å². The van der Waals surface area contributed by atoms with E-state index in [2.05, 4.69) is 0 Å². The molecule has 0 saturated carbocycles. The number of aliphatic hydroxyl groups is 1. The predicted octanol–water partition coefficient (Wildman–Crippen LogP) is -0.520. The molecule has 7 heteroatoms. The first kappa shape index (κ1) is 16.0. The summed E-state index contributed by atoms with van der Waals surface area (Å²) in [5.41, 5.74) is 0. The van der Waals surface area contributed by atoms with Crippen LogP contribution in [0.4, 0.5) is 0 Å². The Labute approximate surface area is 53.2 Å². The highest BCUT2D eigenvalue weighted by atomic mass is 31.2. The van der Waals surface area contributed by atoms with Gasteiger partial charge < -0.3 is 27.2 Å². The number of aliphatic hydroxyl groups excluding tert-OH is 1. The summed E-state index contributed by atoms with van der Waals surface area (Å²) in [4.78, 5) is 15.9. The first-order valence-electron chi connectivity index (χ1n) is 1.72. The van der Waals surface area contributed by atoms with Gasteiger partial charge in [0.2, 0.25) is 0 Å². The largest absolute Gasteiger partial charge is 0.396 e. The molecule has 9 N–H and O–H groups in total. The molecule has 0 saturated heterocycles. The maximum absolute atomic E-state index is 9.77. The molecular weight excluding hydrogens is 147 g/mol. The summed E-state index contributed by atoms with van der Waals surface area (Å²) < 4.78 is 9.77. The van der Waals surface area contributed by atoms with Crippen molar-refractivity contribution in [3.05, 3.63) is 0 Å². The van der Waals surface area contributed by atoms with Crippen molar-refractivity contribution in [1.29, 1.82) is 0 Å². The Morgan fingerprint density at radius 2 is 1.56 bits per heavy atom. The van der Waals surface area contributed by atoms with Crippen LogP contribution in [0.1, 0.15) is 0 Å². The third kappa shape index (κ3) is 18.0. The van der Waals surface area contributed by atoms with Crippen LogP contribution in [0.25, 0.3) is 0 Å². The van der Waals surface area contributed by atoms with Gasteiger partial charge in [-0.2, -0.15) is 0 Å². The molecule has 0 aliphatic heterocycles. The molecule has 9 heavy (non-hydrogen) atoms. The Hall–Kier alpha value is 0.0300. The van der Waals surface area contributed by atoms with Crippen molar-refractivity contribution >= 4 is 7.60 Å². The second-order valence-corrected chi connectivity index (χ2v) is 2.89. The van der Waals surface area contributed by atoms with Gasteiger partial charge in [0.1, 0.15) is 0 Å². The van der Waals surface area contributed by atoms with Gasteiger partial charge in [-0.05, 0) is 0 Å². The van der Waals surface area contributed by atoms with Gasteiger partial charge in [0, 0.05) is 0 Å². The molecule has 0 bridgehead atoms. The van der Waals surface area contributed by atoms with Crippen LogP contribution in [-0.4, -0.2) is 27.7 Å². The smallest absolute Gasteiger partial charge is 0.327 e. The van der Waals surface area contributed by atoms with Crippen molar-refractivity contribution in [2.75, 3.05) is 12.8 Å². The van der Waals surface area contributed by atoms with Gasteiger partial charge in [-0.25, -0.2) is 0 Å². The summed E-state index contributed by atoms with van der Waals surface area (Å²) in [6.45, 7) is -0.454. The minimum absolute atomic E-state index is 0. The Kier molecular flexibility index (Phi) is 11.0. The average Bonchev–Trinajstić information content (AvgIpc) is 1.30. The molecule has 60 valence electrons. The fourth-order valence-corrected chi connectivity index (χ4v) is 0.391. The number of hydrogen-bond acceptors (Lipinski definition) is 4. The molecule has 0 spiro atoms. The molecule has 0 atom stereocenters. The molecule has 0 amide bonds. The number of rotatable bonds is 2. The van der Waals surface area contributed by atoms with Crippen LogP contribution in [-0.2, 0) is 4.57 Å². The zero-order valence-corrected chi connectivity index (χ0v) is 5.92. The zero-order chi connectivity index (χ0) is 5.91. The summed E-state index contributed by atoms with van der Waals surface area (Å²) in [5.74, 6) is 0. The van der Waals surface area contributed by atoms with Gasteiger partial charge in [-0.1, -0.05) is 0 Å². The van der Waals surface area contributed by atoms with E-state index in [9.17, 15) is 4.57 Å². The van der Waals surface area contributed by atoms with Crippen LogP contribution in [0.15, 0.2) is 0 Å². The van der Waals surface area contributed by atoms with Crippen molar-refractivity contribution in [1.82, 2.24) is 12.3 Å². The lowest BCUT2D eigenvalue weighted by Crippen LogP contribution is -1.91. The van der Waals surface area contributed by atoms with Crippen LogP contribution >= 0.6 is 7.60 Å². The molecule has 0 aromatic carbocycles. The molecule has 0 aromatic rings. The average molecular weight is 160 g/mol. The lowest BCUT2D eigenvalue weighted by atomic mass is 10.9. The molecule has 0 aliphatic rings. The standard InChI is InChI=1S/C2H7O4P.2H3N/c3-1-2-7(4,5)6;;/h3H,1-2H2,(H2,4,5,6);2*1H3. The first-order chi connectivity index (χ1) is 3.06. The third-order valence-corrected chi connectivity index (χ3v) is 1.17. The van der Waals surface area contributed by atoms with Crippen molar-refractivity contribution in [2.24, 2.45) is 0 Å². The molecule has 6 nitrogen and oxygen atoms in total. The van der Waals surface area contributed by atoms with Gasteiger partial charge >= 0.3 is 7.60 Å². The zero-order valence-electron chi connectivity index (χ0n) is 5.03. The highest BCUT2D eigenvalue weighted by Gasteiger charge is 2.09. The third-order valence-electron chi connectivity index (χ3n) is 0.391. The maximum Gasteiger partial charge on any atom is 0.327 e. The van der Waals surface area contributed by atoms with Gasteiger partial charge in [-0.3, -0.25) is 4.57 Å². The molecule has 0 aromatic heterocycles. The monoisotopic (exact) mass is 160 g/mol. The topological polar surface area (TPSA) is 148 Å². The molecule has 0 rings (SSSR count). The lowest BCUT2D eigenvalue weighted by Gasteiger charge is -1.96. The Bertz CT molecular complexity index is 90.6. The van der Waals surface area contributed by atoms with Crippen LogP contribution in [0, 0.1) is 0 Å². The van der Waals surface area contributed by atoms with E-state index in [0.717, 1.165) is 0 Å². The molecule has 0 radical (unpaired) electrons. The summed E-state index contributed by atoms with van der Waals surface area (Å²) in [6.07, 6.45) is -0.438. The van der Waals surface area contributed by atoms with Gasteiger partial charge in [-0.15, -0.1) is 0 Å². The van der Waals surface area contributed by atoms with Crippen LogP contribution in [0.5, 0.6) is 0 Å². The lowest BCUT2D eigenvalue weighted by molar-refractivity contribution is 0.299. The van der Waals surface area contributed by atoms with Crippen molar-refractivity contribution in [3.63, 3.8) is 0 Å². The van der Waals surface area contributed by atoms with Crippen LogP contribution in [0.2, 0.25) is 0 Å². The summed E-state index contributed by atoms with van der Waals surface area (Å²) in [5, 5.41) is 7.91. The minimum Gasteiger partial charge on any atom is -0.396 e. The summed E-state index contributed by atoms with van der Waals surface area (Å²) in [6, 6.07) is 0. The second kappa shape index (κ2) is 6.15. The fourth-order valence-electron chi connectivity index (χ4n) is 0.130. The first-order valence-corrected chi connectivity index (χ1v) is 3.51. The van der Waals surface area contributed by atoms with Crippen LogP contribution < -0.4 is 12.3 Å². The Morgan fingerprint density at radius 3 is 1.56 bits per heavy atom. The number of hydrogen-bond donors (Lipinski definition) is 5. The van der Waals surface area contributed by atoms with E-state index in [4.69, 9.17) is 14.9 Å². The van der Waals surface area contributed by atoms with Crippen LogP contribution in [0.3, 0.4) is 0 Å². The van der Waals surface area contributed by atoms with E-state index < -0.39 is 20.4 Å². The van der Waals surface area contributed by atoms with Crippen molar-refractivity contribution in [2.45, 2.75) is 0 Å². The highest BCUT2D eigenvalue weighted by molar-refractivity contribution is 7.51. The van der Waals surface area contributed by atoms with E-state index in [1.807, 2.05) is 0 Å². The maximum atomic E-state index is 9.77. The Morgan fingerprint density at radius 1 is 1.22 bits per heavy atom. The van der Waals surface area contributed by atoms with Crippen molar-refractivity contribution < 1.29 is 19.5 Å². The van der Waals surface area contributed by atoms with E-state index in [1.165, 1.54) is 0 Å². The molecule has 0 aliphatic carbocycles. The molecule has 0 heterocycles. The molecule has 0 unspecified atom stereocenters. The fraction of sp³-hybridized carbons (Fsp3) is 1.00. The normalized spacial score (nSPS) is 9.22. The minimum atomic E-state index is -3.92.